The van der Waals surface area contributed by atoms with Crippen LogP contribution in [0, 0.1) is 17.8 Å². The highest BCUT2D eigenvalue weighted by molar-refractivity contribution is 6.07. The van der Waals surface area contributed by atoms with Crippen LogP contribution in [0.15, 0.2) is 30.5 Å². The highest BCUT2D eigenvalue weighted by atomic mass is 16.5. The number of aromatic nitrogens is 2. The number of anilines is 2. The van der Waals surface area contributed by atoms with Gasteiger partial charge in [0.05, 0.1) is 5.41 Å². The number of nitrogens with one attached hydrogen (secondary N) is 3. The molecule has 3 aliphatic rings. The van der Waals surface area contributed by atoms with Crippen LogP contribution in [0.5, 0.6) is 0 Å². The number of rotatable bonds is 5. The standard InChI is InChI=1S/C25H31N5O4/c1-14-12-17(15(14)2)21(29-22(31)20-6-9-26-30(20)3)23(32)27-16-4-5-18-19(13-16)28-24(33)25(18)7-10-34-11-8-25/h4-6,9,13-15,17,21H,7-8,10-12H2,1-3H3,(H,27,32)(H,28,33)(H,29,31). The Balaban J connectivity index is 1.35. The number of aryl methyl sites for hydroxylation is 1. The monoisotopic (exact) mass is 465 g/mol. The van der Waals surface area contributed by atoms with Crippen LogP contribution >= 0.6 is 0 Å². The normalized spacial score (nSPS) is 25.7. The van der Waals surface area contributed by atoms with Crippen LogP contribution < -0.4 is 16.0 Å². The number of benzene rings is 1. The molecule has 3 amide bonds. The number of fused-ring (bicyclic) bond motifs is 2. The molecule has 9 heteroatoms. The van der Waals surface area contributed by atoms with Gasteiger partial charge in [-0.1, -0.05) is 19.9 Å². The third-order valence-electron chi connectivity index (χ3n) is 8.10. The van der Waals surface area contributed by atoms with Crippen molar-refractivity contribution in [2.24, 2.45) is 24.8 Å². The second-order valence-electron chi connectivity index (χ2n) is 9.93. The lowest BCUT2D eigenvalue weighted by Crippen LogP contribution is -2.55. The predicted octanol–water partition coefficient (Wildman–Crippen LogP) is 2.45. The van der Waals surface area contributed by atoms with E-state index in [2.05, 4.69) is 34.9 Å². The summed E-state index contributed by atoms with van der Waals surface area (Å²) in [6.07, 6.45) is 3.73. The van der Waals surface area contributed by atoms with Crippen molar-refractivity contribution in [2.75, 3.05) is 23.8 Å². The molecule has 4 unspecified atom stereocenters. The molecular weight excluding hydrogens is 434 g/mol. The quantitative estimate of drug-likeness (QED) is 0.628. The van der Waals surface area contributed by atoms with Crippen LogP contribution in [-0.2, 0) is 26.8 Å². The molecule has 0 radical (unpaired) electrons. The van der Waals surface area contributed by atoms with Gasteiger partial charge in [0, 0.05) is 37.8 Å². The van der Waals surface area contributed by atoms with Gasteiger partial charge in [-0.2, -0.15) is 5.10 Å². The molecule has 1 aromatic carbocycles. The molecule has 180 valence electrons. The molecule has 3 N–H and O–H groups in total. The fourth-order valence-electron chi connectivity index (χ4n) is 5.65. The molecule has 3 heterocycles. The van der Waals surface area contributed by atoms with Gasteiger partial charge in [-0.25, -0.2) is 0 Å². The van der Waals surface area contributed by atoms with Crippen LogP contribution in [0.25, 0.3) is 0 Å². The van der Waals surface area contributed by atoms with Gasteiger partial charge in [-0.15, -0.1) is 0 Å². The predicted molar refractivity (Wildman–Crippen MR) is 126 cm³/mol. The summed E-state index contributed by atoms with van der Waals surface area (Å²) in [5.74, 6) is 0.272. The average molecular weight is 466 g/mol. The lowest BCUT2D eigenvalue weighted by Gasteiger charge is -2.44. The van der Waals surface area contributed by atoms with Crippen molar-refractivity contribution in [3.8, 4) is 0 Å². The van der Waals surface area contributed by atoms with Crippen molar-refractivity contribution in [3.05, 3.63) is 41.7 Å². The lowest BCUT2D eigenvalue weighted by molar-refractivity contribution is -0.124. The Morgan fingerprint density at radius 3 is 2.65 bits per heavy atom. The molecule has 1 aliphatic carbocycles. The van der Waals surface area contributed by atoms with Crippen LogP contribution in [0.4, 0.5) is 11.4 Å². The first-order valence-corrected chi connectivity index (χ1v) is 11.9. The molecule has 4 atom stereocenters. The van der Waals surface area contributed by atoms with E-state index >= 15 is 0 Å². The summed E-state index contributed by atoms with van der Waals surface area (Å²) in [6, 6.07) is 6.53. The van der Waals surface area contributed by atoms with Gasteiger partial charge in [0.25, 0.3) is 5.91 Å². The lowest BCUT2D eigenvalue weighted by atomic mass is 9.63. The fraction of sp³-hybridized carbons (Fsp3) is 0.520. The van der Waals surface area contributed by atoms with Gasteiger partial charge in [0.1, 0.15) is 11.7 Å². The smallest absolute Gasteiger partial charge is 0.270 e. The fourth-order valence-corrected chi connectivity index (χ4v) is 5.65. The Bertz CT molecular complexity index is 1140. The largest absolute Gasteiger partial charge is 0.381 e. The molecule has 2 fully saturated rings. The zero-order chi connectivity index (χ0) is 24.0. The van der Waals surface area contributed by atoms with Gasteiger partial charge in [0.15, 0.2) is 0 Å². The van der Waals surface area contributed by atoms with E-state index in [0.717, 1.165) is 17.7 Å². The van der Waals surface area contributed by atoms with E-state index < -0.39 is 11.5 Å². The zero-order valence-electron chi connectivity index (χ0n) is 19.8. The van der Waals surface area contributed by atoms with Crippen LogP contribution in [0.2, 0.25) is 0 Å². The summed E-state index contributed by atoms with van der Waals surface area (Å²) in [5.41, 5.74) is 2.13. The molecule has 1 spiro atoms. The summed E-state index contributed by atoms with van der Waals surface area (Å²) in [5, 5.41) is 13.0. The van der Waals surface area contributed by atoms with Crippen molar-refractivity contribution < 1.29 is 19.1 Å². The highest BCUT2D eigenvalue weighted by Crippen LogP contribution is 2.46. The van der Waals surface area contributed by atoms with Crippen molar-refractivity contribution in [2.45, 2.75) is 44.6 Å². The SMILES string of the molecule is CC1CC(C(NC(=O)c2ccnn2C)C(=O)Nc2ccc3c(c2)NC(=O)C32CCOCC2)C1C. The van der Waals surface area contributed by atoms with Gasteiger partial charge in [-0.3, -0.25) is 19.1 Å². The number of ether oxygens (including phenoxy) is 1. The number of nitrogens with zero attached hydrogens (tertiary/aromatic N) is 2. The average Bonchev–Trinajstić information content (AvgIpc) is 3.37. The minimum atomic E-state index is -0.668. The number of amides is 3. The maximum Gasteiger partial charge on any atom is 0.270 e. The Kier molecular flexibility index (Phi) is 5.67. The van der Waals surface area contributed by atoms with Crippen molar-refractivity contribution in [3.63, 3.8) is 0 Å². The molecule has 2 aliphatic heterocycles. The molecule has 0 bridgehead atoms. The topological polar surface area (TPSA) is 114 Å². The summed E-state index contributed by atoms with van der Waals surface area (Å²) in [7, 11) is 1.70. The Labute approximate surface area is 198 Å². The Morgan fingerprint density at radius 1 is 1.24 bits per heavy atom. The first-order chi connectivity index (χ1) is 16.3. The van der Waals surface area contributed by atoms with E-state index in [1.807, 2.05) is 18.2 Å². The highest BCUT2D eigenvalue weighted by Gasteiger charge is 2.48. The second-order valence-corrected chi connectivity index (χ2v) is 9.93. The summed E-state index contributed by atoms with van der Waals surface area (Å²) >= 11 is 0. The third kappa shape index (κ3) is 3.68. The van der Waals surface area contributed by atoms with E-state index in [9.17, 15) is 14.4 Å². The van der Waals surface area contributed by atoms with Crippen LogP contribution in [0.1, 0.15) is 49.2 Å². The molecule has 9 nitrogen and oxygen atoms in total. The zero-order valence-corrected chi connectivity index (χ0v) is 19.8. The third-order valence-corrected chi connectivity index (χ3v) is 8.10. The van der Waals surface area contributed by atoms with E-state index in [-0.39, 0.29) is 23.6 Å². The molecular formula is C25H31N5O4. The van der Waals surface area contributed by atoms with E-state index in [0.29, 0.717) is 49.3 Å². The van der Waals surface area contributed by atoms with E-state index in [1.54, 1.807) is 19.3 Å². The van der Waals surface area contributed by atoms with Crippen molar-refractivity contribution in [1.82, 2.24) is 15.1 Å². The maximum atomic E-state index is 13.4. The number of carbonyl (C=O) groups is 3. The van der Waals surface area contributed by atoms with Gasteiger partial charge in [0.2, 0.25) is 11.8 Å². The second kappa shape index (κ2) is 8.54. The minimum Gasteiger partial charge on any atom is -0.381 e. The summed E-state index contributed by atoms with van der Waals surface area (Å²) in [4.78, 5) is 39.1. The molecule has 1 aromatic heterocycles. The number of hydrogen-bond donors (Lipinski definition) is 3. The van der Waals surface area contributed by atoms with Gasteiger partial charge < -0.3 is 20.7 Å². The molecule has 2 aromatic rings. The minimum absolute atomic E-state index is 0.00660. The van der Waals surface area contributed by atoms with Gasteiger partial charge >= 0.3 is 0 Å². The maximum absolute atomic E-state index is 13.4. The molecule has 1 saturated carbocycles. The van der Waals surface area contributed by atoms with E-state index in [4.69, 9.17) is 4.74 Å². The summed E-state index contributed by atoms with van der Waals surface area (Å²) in [6.45, 7) is 5.39. The van der Waals surface area contributed by atoms with Crippen molar-refractivity contribution in [1.29, 1.82) is 0 Å². The Hall–Kier alpha value is -3.20. The molecule has 1 saturated heterocycles. The first kappa shape index (κ1) is 22.6. The van der Waals surface area contributed by atoms with Crippen LogP contribution in [0.3, 0.4) is 0 Å². The number of carbonyl (C=O) groups excluding carboxylic acids is 3. The molecule has 34 heavy (non-hydrogen) atoms. The van der Waals surface area contributed by atoms with E-state index in [1.165, 1.54) is 4.68 Å². The summed E-state index contributed by atoms with van der Waals surface area (Å²) < 4.78 is 6.96. The van der Waals surface area contributed by atoms with Gasteiger partial charge in [-0.05, 0) is 60.8 Å². The Morgan fingerprint density at radius 2 is 2.00 bits per heavy atom. The van der Waals surface area contributed by atoms with Crippen LogP contribution in [-0.4, -0.2) is 46.8 Å². The number of hydrogen-bond acceptors (Lipinski definition) is 5. The molecule has 5 rings (SSSR count). The first-order valence-electron chi connectivity index (χ1n) is 11.9. The van der Waals surface area contributed by atoms with Crippen molar-refractivity contribution >= 4 is 29.1 Å².